The maximum Gasteiger partial charge on any atom is 0.381 e. The van der Waals surface area contributed by atoms with Crippen LogP contribution < -0.4 is 0 Å². The molecule has 0 aliphatic heterocycles. The van der Waals surface area contributed by atoms with Gasteiger partial charge in [0.25, 0.3) is 0 Å². The van der Waals surface area contributed by atoms with Gasteiger partial charge in [0.2, 0.25) is 0 Å². The number of hydrogen-bond acceptors (Lipinski definition) is 4. The number of carbonyl (C=O) groups is 2. The summed E-state index contributed by atoms with van der Waals surface area (Å²) in [7, 11) is 0. The van der Waals surface area contributed by atoms with E-state index in [4.69, 9.17) is 0 Å². The summed E-state index contributed by atoms with van der Waals surface area (Å²) >= 11 is 0. The summed E-state index contributed by atoms with van der Waals surface area (Å²) < 4.78 is 140. The van der Waals surface area contributed by atoms with E-state index in [1.807, 2.05) is 0 Å². The lowest BCUT2D eigenvalue weighted by atomic mass is 9.90. The molecule has 0 fully saturated rings. The number of hydrogen-bond donors (Lipinski definition) is 0. The Morgan fingerprint density at radius 1 is 0.875 bits per heavy atom. The molecule has 0 heterocycles. The quantitative estimate of drug-likeness (QED) is 0.257. The first-order valence-corrected chi connectivity index (χ1v) is 9.25. The van der Waals surface area contributed by atoms with Crippen LogP contribution in [0.25, 0.3) is 0 Å². The zero-order valence-corrected chi connectivity index (χ0v) is 17.8. The largest absolute Gasteiger partial charge is 0.455 e. The van der Waals surface area contributed by atoms with Gasteiger partial charge in [0, 0.05) is 0 Å². The van der Waals surface area contributed by atoms with Gasteiger partial charge in [-0.15, -0.1) is 0 Å². The Hall–Kier alpha value is -1.76. The van der Waals surface area contributed by atoms with Gasteiger partial charge < -0.3 is 9.47 Å². The van der Waals surface area contributed by atoms with Crippen LogP contribution in [0.5, 0.6) is 0 Å². The molecule has 14 heteroatoms. The first-order valence-electron chi connectivity index (χ1n) is 9.25. The standard InChI is InChI=1S/C18H24F10O4/c1-6-14(4,5)12(29)32-10(7-9(2)3)16(23,24)13(30)31-8-15(21,22)18(27,28)17(25,26)11(19)20/h9-11H,6-8H2,1-5H3. The maximum absolute atomic E-state index is 14.5. The Kier molecular flexibility index (Phi) is 9.47. The second kappa shape index (κ2) is 10.0. The van der Waals surface area contributed by atoms with E-state index in [0.29, 0.717) is 0 Å². The summed E-state index contributed by atoms with van der Waals surface area (Å²) in [4.78, 5) is 23.8. The normalized spacial score (nSPS) is 15.2. The Balaban J connectivity index is 5.67. The highest BCUT2D eigenvalue weighted by Crippen LogP contribution is 2.48. The van der Waals surface area contributed by atoms with Crippen molar-refractivity contribution in [3.63, 3.8) is 0 Å². The van der Waals surface area contributed by atoms with Gasteiger partial charge in [-0.25, -0.2) is 13.6 Å². The van der Waals surface area contributed by atoms with E-state index in [9.17, 15) is 53.5 Å². The average molecular weight is 494 g/mol. The Morgan fingerprint density at radius 2 is 1.34 bits per heavy atom. The molecule has 0 spiro atoms. The smallest absolute Gasteiger partial charge is 0.381 e. The van der Waals surface area contributed by atoms with Crippen LogP contribution in [-0.4, -0.2) is 54.8 Å². The van der Waals surface area contributed by atoms with Crippen molar-refractivity contribution in [2.45, 2.75) is 83.7 Å². The predicted molar refractivity (Wildman–Crippen MR) is 90.2 cm³/mol. The predicted octanol–water partition coefficient (Wildman–Crippen LogP) is 5.73. The Bertz CT molecular complexity index is 662. The molecule has 4 nitrogen and oxygen atoms in total. The van der Waals surface area contributed by atoms with Crippen molar-refractivity contribution in [3.05, 3.63) is 0 Å². The van der Waals surface area contributed by atoms with Crippen molar-refractivity contribution in [1.82, 2.24) is 0 Å². The minimum absolute atomic E-state index is 0.121. The molecule has 0 radical (unpaired) electrons. The fourth-order valence-corrected chi connectivity index (χ4v) is 1.99. The fraction of sp³-hybridized carbons (Fsp3) is 0.889. The molecule has 0 aromatic heterocycles. The molecule has 0 amide bonds. The maximum atomic E-state index is 14.5. The van der Waals surface area contributed by atoms with E-state index in [0.717, 1.165) is 0 Å². The molecule has 0 N–H and O–H groups in total. The summed E-state index contributed by atoms with van der Waals surface area (Å²) in [5.41, 5.74) is -1.29. The molecule has 0 bridgehead atoms. The molecule has 1 unspecified atom stereocenters. The minimum atomic E-state index is -6.74. The topological polar surface area (TPSA) is 52.6 Å². The minimum Gasteiger partial charge on any atom is -0.455 e. The summed E-state index contributed by atoms with van der Waals surface area (Å²) in [6.07, 6.45) is -8.36. The summed E-state index contributed by atoms with van der Waals surface area (Å²) in [6.45, 7) is 3.85. The van der Waals surface area contributed by atoms with E-state index in [1.54, 1.807) is 0 Å². The van der Waals surface area contributed by atoms with Crippen LogP contribution in [0.4, 0.5) is 43.9 Å². The SMILES string of the molecule is CCC(C)(C)C(=O)OC(CC(C)C)C(F)(F)C(=O)OCC(F)(F)C(F)(F)C(F)(F)C(F)F. The highest BCUT2D eigenvalue weighted by atomic mass is 19.4. The number of esters is 2. The Labute approximate surface area is 177 Å². The summed E-state index contributed by atoms with van der Waals surface area (Å²) in [5, 5.41) is 0. The molecule has 1 atom stereocenters. The lowest BCUT2D eigenvalue weighted by molar-refractivity contribution is -0.345. The van der Waals surface area contributed by atoms with Crippen molar-refractivity contribution < 1.29 is 63.0 Å². The molecule has 0 aromatic carbocycles. The highest BCUT2D eigenvalue weighted by Gasteiger charge is 2.76. The van der Waals surface area contributed by atoms with Crippen molar-refractivity contribution in [1.29, 1.82) is 0 Å². The van der Waals surface area contributed by atoms with E-state index in [2.05, 4.69) is 9.47 Å². The Morgan fingerprint density at radius 3 is 1.72 bits per heavy atom. The molecule has 0 saturated heterocycles. The molecule has 190 valence electrons. The first-order chi connectivity index (χ1) is 14.1. The van der Waals surface area contributed by atoms with Crippen molar-refractivity contribution >= 4 is 11.9 Å². The number of halogens is 10. The third-order valence-corrected chi connectivity index (χ3v) is 4.58. The number of ether oxygens (including phenoxy) is 2. The van der Waals surface area contributed by atoms with Crippen LogP contribution >= 0.6 is 0 Å². The van der Waals surface area contributed by atoms with E-state index >= 15 is 0 Å². The van der Waals surface area contributed by atoms with Crippen molar-refractivity contribution in [3.8, 4) is 0 Å². The third kappa shape index (κ3) is 6.40. The van der Waals surface area contributed by atoms with Gasteiger partial charge in [-0.05, 0) is 32.6 Å². The molecule has 0 rings (SSSR count). The first kappa shape index (κ1) is 30.2. The fourth-order valence-electron chi connectivity index (χ4n) is 1.99. The van der Waals surface area contributed by atoms with Crippen molar-refractivity contribution in [2.75, 3.05) is 6.61 Å². The summed E-state index contributed by atoms with van der Waals surface area (Å²) in [6, 6.07) is 0. The number of carbonyl (C=O) groups excluding carboxylic acids is 2. The van der Waals surface area contributed by atoms with Crippen LogP contribution in [0.2, 0.25) is 0 Å². The van der Waals surface area contributed by atoms with Gasteiger partial charge >= 0.3 is 42.1 Å². The molecule has 0 aliphatic rings. The van der Waals surface area contributed by atoms with Gasteiger partial charge in [-0.3, -0.25) is 4.79 Å². The van der Waals surface area contributed by atoms with Gasteiger partial charge in [-0.1, -0.05) is 20.8 Å². The molecular formula is C18H24F10O4. The zero-order chi connectivity index (χ0) is 25.9. The molecule has 32 heavy (non-hydrogen) atoms. The molecule has 0 aromatic rings. The lowest BCUT2D eigenvalue weighted by Crippen LogP contribution is -2.59. The number of alkyl halides is 10. The van der Waals surface area contributed by atoms with E-state index in [-0.39, 0.29) is 6.42 Å². The number of rotatable bonds is 12. The van der Waals surface area contributed by atoms with E-state index < -0.39 is 72.5 Å². The zero-order valence-electron chi connectivity index (χ0n) is 17.8. The average Bonchev–Trinajstić information content (AvgIpc) is 2.64. The van der Waals surface area contributed by atoms with Crippen molar-refractivity contribution in [2.24, 2.45) is 11.3 Å². The van der Waals surface area contributed by atoms with Crippen LogP contribution in [0, 0.1) is 11.3 Å². The van der Waals surface area contributed by atoms with Crippen LogP contribution in [-0.2, 0) is 19.1 Å². The third-order valence-electron chi connectivity index (χ3n) is 4.58. The lowest BCUT2D eigenvalue weighted by Gasteiger charge is -2.33. The summed E-state index contributed by atoms with van der Waals surface area (Å²) in [5.74, 6) is -29.0. The molecular weight excluding hydrogens is 470 g/mol. The second-order valence-electron chi connectivity index (χ2n) is 8.16. The molecule has 0 aliphatic carbocycles. The second-order valence-corrected chi connectivity index (χ2v) is 8.16. The monoisotopic (exact) mass is 494 g/mol. The van der Waals surface area contributed by atoms with Crippen LogP contribution in [0.1, 0.15) is 47.5 Å². The van der Waals surface area contributed by atoms with E-state index in [1.165, 1.54) is 34.6 Å². The highest BCUT2D eigenvalue weighted by molar-refractivity contribution is 5.80. The van der Waals surface area contributed by atoms with Crippen LogP contribution in [0.3, 0.4) is 0 Å². The van der Waals surface area contributed by atoms with Gasteiger partial charge in [0.05, 0.1) is 5.41 Å². The van der Waals surface area contributed by atoms with Gasteiger partial charge in [-0.2, -0.15) is 35.1 Å². The molecule has 0 saturated carbocycles. The van der Waals surface area contributed by atoms with Gasteiger partial charge in [0.1, 0.15) is 0 Å². The van der Waals surface area contributed by atoms with Crippen LogP contribution in [0.15, 0.2) is 0 Å². The van der Waals surface area contributed by atoms with Gasteiger partial charge in [0.15, 0.2) is 12.7 Å².